The second-order valence-electron chi connectivity index (χ2n) is 11.1. The number of carbonyl (C=O) groups excluding carboxylic acids is 1. The van der Waals surface area contributed by atoms with Crippen LogP contribution in [0.25, 0.3) is 0 Å². The van der Waals surface area contributed by atoms with Gasteiger partial charge in [0.15, 0.2) is 11.6 Å². The van der Waals surface area contributed by atoms with E-state index in [0.29, 0.717) is 29.0 Å². The molecule has 204 valence electrons. The molecular formula is C27H33Cl2FN6O2. The second kappa shape index (κ2) is 10.5. The molecule has 3 N–H and O–H groups in total. The maximum atomic E-state index is 15.4. The number of aromatic nitrogens is 2. The van der Waals surface area contributed by atoms with Gasteiger partial charge in [-0.25, -0.2) is 14.8 Å². The summed E-state index contributed by atoms with van der Waals surface area (Å²) in [7, 11) is 0. The van der Waals surface area contributed by atoms with Gasteiger partial charge in [-0.2, -0.15) is 0 Å². The summed E-state index contributed by atoms with van der Waals surface area (Å²) in [5, 5.41) is 3.95. The average molecular weight is 564 g/mol. The first kappa shape index (κ1) is 26.2. The van der Waals surface area contributed by atoms with Crippen LogP contribution in [0.15, 0.2) is 24.7 Å². The van der Waals surface area contributed by atoms with Gasteiger partial charge in [-0.1, -0.05) is 23.2 Å². The van der Waals surface area contributed by atoms with Crippen LogP contribution in [0.3, 0.4) is 0 Å². The van der Waals surface area contributed by atoms with Crippen molar-refractivity contribution in [2.24, 2.45) is 11.3 Å². The maximum Gasteiger partial charge on any atom is 0.226 e. The molecule has 1 saturated carbocycles. The molecule has 2 aromatic rings. The molecule has 11 heteroatoms. The van der Waals surface area contributed by atoms with E-state index >= 15 is 4.39 Å². The number of hydrogen-bond acceptors (Lipinski definition) is 7. The Labute approximate surface area is 232 Å². The summed E-state index contributed by atoms with van der Waals surface area (Å²) >= 11 is 12.7. The summed E-state index contributed by atoms with van der Waals surface area (Å²) in [5.74, 6) is 0.423. The van der Waals surface area contributed by atoms with Gasteiger partial charge in [0.2, 0.25) is 5.91 Å². The molecule has 38 heavy (non-hydrogen) atoms. The summed E-state index contributed by atoms with van der Waals surface area (Å²) < 4.78 is 21.8. The van der Waals surface area contributed by atoms with Crippen molar-refractivity contribution in [3.63, 3.8) is 0 Å². The van der Waals surface area contributed by atoms with E-state index in [9.17, 15) is 4.79 Å². The molecule has 0 aromatic carbocycles. The lowest BCUT2D eigenvalue weighted by Gasteiger charge is -2.38. The number of carbonyl (C=O) groups is 1. The smallest absolute Gasteiger partial charge is 0.226 e. The number of pyridine rings is 2. The number of rotatable bonds is 5. The molecule has 4 aliphatic rings. The van der Waals surface area contributed by atoms with Crippen LogP contribution in [0.1, 0.15) is 68.7 Å². The van der Waals surface area contributed by atoms with E-state index in [0.717, 1.165) is 56.2 Å². The Morgan fingerprint density at radius 3 is 2.58 bits per heavy atom. The van der Waals surface area contributed by atoms with Crippen molar-refractivity contribution in [3.05, 3.63) is 51.6 Å². The number of nitrogens with one attached hydrogen (secondary N) is 3. The molecule has 2 aromatic heterocycles. The number of piperidine rings is 1. The highest BCUT2D eigenvalue weighted by Crippen LogP contribution is 2.43. The number of halogens is 3. The highest BCUT2D eigenvalue weighted by molar-refractivity contribution is 6.35. The molecule has 0 bridgehead atoms. The van der Waals surface area contributed by atoms with Crippen molar-refractivity contribution in [1.82, 2.24) is 26.1 Å². The lowest BCUT2D eigenvalue weighted by molar-refractivity contribution is -0.128. The molecule has 3 aliphatic heterocycles. The summed E-state index contributed by atoms with van der Waals surface area (Å²) in [6.07, 6.45) is 9.72. The van der Waals surface area contributed by atoms with Gasteiger partial charge in [0, 0.05) is 49.8 Å². The first-order valence-electron chi connectivity index (χ1n) is 13.5. The Morgan fingerprint density at radius 2 is 1.89 bits per heavy atom. The molecule has 5 heterocycles. The van der Waals surface area contributed by atoms with Gasteiger partial charge >= 0.3 is 0 Å². The van der Waals surface area contributed by atoms with E-state index in [2.05, 4.69) is 26.1 Å². The number of nitrogens with zero attached hydrogens (tertiary/aromatic N) is 3. The van der Waals surface area contributed by atoms with Crippen molar-refractivity contribution >= 4 is 34.9 Å². The third-order valence-corrected chi connectivity index (χ3v) is 9.59. The van der Waals surface area contributed by atoms with Crippen molar-refractivity contribution in [2.75, 3.05) is 24.5 Å². The number of ether oxygens (including phenoxy) is 1. The van der Waals surface area contributed by atoms with Crippen LogP contribution in [0.5, 0.6) is 0 Å². The predicted octanol–water partition coefficient (Wildman–Crippen LogP) is 4.49. The van der Waals surface area contributed by atoms with Crippen molar-refractivity contribution in [2.45, 2.75) is 69.7 Å². The molecule has 4 unspecified atom stereocenters. The zero-order valence-electron chi connectivity index (χ0n) is 21.4. The zero-order valence-corrected chi connectivity index (χ0v) is 22.9. The Bertz CT molecular complexity index is 1190. The summed E-state index contributed by atoms with van der Waals surface area (Å²) in [4.78, 5) is 22.9. The van der Waals surface area contributed by atoms with Crippen LogP contribution in [0.2, 0.25) is 10.0 Å². The minimum atomic E-state index is -0.321. The normalized spacial score (nSPS) is 29.4. The summed E-state index contributed by atoms with van der Waals surface area (Å²) in [5.41, 5.74) is 8.08. The monoisotopic (exact) mass is 562 g/mol. The number of anilines is 1. The van der Waals surface area contributed by atoms with Crippen LogP contribution in [-0.4, -0.2) is 47.7 Å². The van der Waals surface area contributed by atoms with Crippen molar-refractivity contribution < 1.29 is 13.9 Å². The van der Waals surface area contributed by atoms with E-state index in [1.165, 1.54) is 0 Å². The van der Waals surface area contributed by atoms with Gasteiger partial charge < -0.3 is 15.0 Å². The molecule has 8 nitrogen and oxygen atoms in total. The average Bonchev–Trinajstić information content (AvgIpc) is 3.47. The zero-order chi connectivity index (χ0) is 26.4. The van der Waals surface area contributed by atoms with Crippen LogP contribution in [-0.2, 0) is 9.53 Å². The van der Waals surface area contributed by atoms with E-state index in [1.54, 1.807) is 24.7 Å². The molecule has 4 fully saturated rings. The van der Waals surface area contributed by atoms with Gasteiger partial charge in [0.05, 0.1) is 33.7 Å². The number of fused-ring (bicyclic) bond motifs is 1. The topological polar surface area (TPSA) is 91.4 Å². The lowest BCUT2D eigenvalue weighted by atomic mass is 9.77. The Balaban J connectivity index is 1.12. The lowest BCUT2D eigenvalue weighted by Crippen LogP contribution is -2.44. The number of amides is 1. The van der Waals surface area contributed by atoms with E-state index in [-0.39, 0.29) is 47.3 Å². The van der Waals surface area contributed by atoms with E-state index < -0.39 is 0 Å². The van der Waals surface area contributed by atoms with Gasteiger partial charge in [-0.15, -0.1) is 0 Å². The van der Waals surface area contributed by atoms with E-state index in [1.807, 2.05) is 11.8 Å². The number of hydrogen-bond donors (Lipinski definition) is 3. The fourth-order valence-electron chi connectivity index (χ4n) is 6.83. The van der Waals surface area contributed by atoms with E-state index in [4.69, 9.17) is 27.9 Å². The van der Waals surface area contributed by atoms with Gasteiger partial charge in [-0.05, 0) is 63.0 Å². The van der Waals surface area contributed by atoms with Crippen LogP contribution in [0, 0.1) is 17.2 Å². The predicted molar refractivity (Wildman–Crippen MR) is 143 cm³/mol. The first-order valence-corrected chi connectivity index (χ1v) is 14.2. The second-order valence-corrected chi connectivity index (χ2v) is 11.9. The van der Waals surface area contributed by atoms with Crippen LogP contribution in [0.4, 0.5) is 10.2 Å². The molecule has 3 saturated heterocycles. The fraction of sp³-hybridized carbons (Fsp3) is 0.593. The first-order chi connectivity index (χ1) is 18.3. The Morgan fingerprint density at radius 1 is 1.13 bits per heavy atom. The van der Waals surface area contributed by atoms with Crippen molar-refractivity contribution in [3.8, 4) is 0 Å². The molecule has 6 rings (SSSR count). The quantitative estimate of drug-likeness (QED) is 0.494. The number of hydrazine groups is 1. The molecule has 0 radical (unpaired) electrons. The standard InChI is InChI=1S/C27H33Cl2FN6O2/c1-15(23-19(28)13-31-14-20(23)29)38-17-2-3-22-18(11-17)24(35-34-22)16-10-21(30)25(33-12-16)36-8-5-27(6-9-36)4-7-32-26(27)37/h10,12-15,17-18,22,24,34-35H,2-9,11H2,1H3,(H,32,37)/t15-,17?,18?,22?,24?/m1/s1. The SMILES string of the molecule is C[C@@H](OC1CCC2NNC(c3cnc(N4CCC5(CCNC5=O)CC4)c(F)c3)C2C1)c1c(Cl)cncc1Cl. The minimum absolute atomic E-state index is 0.0290. The third-order valence-electron chi connectivity index (χ3n) is 8.99. The molecule has 5 atom stereocenters. The highest BCUT2D eigenvalue weighted by Gasteiger charge is 2.45. The third kappa shape index (κ3) is 4.77. The van der Waals surface area contributed by atoms with Gasteiger partial charge in [-0.3, -0.25) is 15.2 Å². The van der Waals surface area contributed by atoms with Crippen LogP contribution >= 0.6 is 23.2 Å². The Kier molecular flexibility index (Phi) is 7.24. The fourth-order valence-corrected chi connectivity index (χ4v) is 7.50. The van der Waals surface area contributed by atoms with Gasteiger partial charge in [0.25, 0.3) is 0 Å². The van der Waals surface area contributed by atoms with Gasteiger partial charge in [0.1, 0.15) is 0 Å². The highest BCUT2D eigenvalue weighted by atomic mass is 35.5. The molecule has 1 spiro atoms. The summed E-state index contributed by atoms with van der Waals surface area (Å²) in [6.45, 7) is 3.96. The molecular weight excluding hydrogens is 530 g/mol. The van der Waals surface area contributed by atoms with Crippen molar-refractivity contribution in [1.29, 1.82) is 0 Å². The largest absolute Gasteiger partial charge is 0.370 e. The van der Waals surface area contributed by atoms with Crippen LogP contribution < -0.4 is 21.1 Å². The maximum absolute atomic E-state index is 15.4. The molecule has 1 amide bonds. The minimum Gasteiger partial charge on any atom is -0.370 e. The molecule has 1 aliphatic carbocycles. The summed E-state index contributed by atoms with van der Waals surface area (Å²) in [6, 6.07) is 1.82. The Hall–Kier alpha value is -2.04.